The van der Waals surface area contributed by atoms with Gasteiger partial charge in [0.05, 0.1) is 0 Å². The average molecular weight is 211 g/mol. The summed E-state index contributed by atoms with van der Waals surface area (Å²) in [5.41, 5.74) is 0.288. The van der Waals surface area contributed by atoms with Gasteiger partial charge in [0.25, 0.3) is 0 Å². The highest BCUT2D eigenvalue weighted by atomic mass is 14.9. The van der Waals surface area contributed by atoms with E-state index in [0.29, 0.717) is 0 Å². The monoisotopic (exact) mass is 211 g/mol. The van der Waals surface area contributed by atoms with Crippen molar-refractivity contribution in [1.82, 2.24) is 5.32 Å². The lowest BCUT2D eigenvalue weighted by Gasteiger charge is -2.32. The smallest absolute Gasteiger partial charge is 0.00965 e. The van der Waals surface area contributed by atoms with Gasteiger partial charge in [-0.25, -0.2) is 0 Å². The van der Waals surface area contributed by atoms with Crippen LogP contribution in [-0.4, -0.2) is 12.1 Å². The molecular weight excluding hydrogens is 182 g/mol. The van der Waals surface area contributed by atoms with Crippen molar-refractivity contribution in [1.29, 1.82) is 0 Å². The van der Waals surface area contributed by atoms with Gasteiger partial charge in [0.2, 0.25) is 0 Å². The number of hydrogen-bond acceptors (Lipinski definition) is 1. The zero-order valence-electron chi connectivity index (χ0n) is 11.1. The predicted molar refractivity (Wildman–Crippen MR) is 68.1 cm³/mol. The molecule has 0 spiro atoms. The molecule has 1 aliphatic rings. The largest absolute Gasteiger partial charge is 0.312 e. The first-order chi connectivity index (χ1) is 7.03. The summed E-state index contributed by atoms with van der Waals surface area (Å²) >= 11 is 0. The minimum atomic E-state index is 0.288. The van der Waals surface area contributed by atoms with E-state index < -0.39 is 0 Å². The highest BCUT2D eigenvalue weighted by Gasteiger charge is 2.23. The van der Waals surface area contributed by atoms with Crippen molar-refractivity contribution in [2.24, 2.45) is 11.8 Å². The second kappa shape index (κ2) is 5.89. The van der Waals surface area contributed by atoms with Crippen molar-refractivity contribution in [3.05, 3.63) is 0 Å². The molecule has 15 heavy (non-hydrogen) atoms. The standard InChI is InChI=1S/C14H29N/c1-5-12-8-6-7-9-13(12)10-11-15-14(2,3)4/h12-13,15H,5-11H2,1-4H3. The summed E-state index contributed by atoms with van der Waals surface area (Å²) in [6, 6.07) is 0. The normalized spacial score (nSPS) is 28.0. The quantitative estimate of drug-likeness (QED) is 0.741. The fourth-order valence-electron chi connectivity index (χ4n) is 2.83. The van der Waals surface area contributed by atoms with Gasteiger partial charge in [-0.1, -0.05) is 39.0 Å². The minimum Gasteiger partial charge on any atom is -0.312 e. The molecule has 1 heteroatoms. The lowest BCUT2D eigenvalue weighted by Crippen LogP contribution is -2.37. The van der Waals surface area contributed by atoms with E-state index >= 15 is 0 Å². The molecule has 1 N–H and O–H groups in total. The second-order valence-corrected chi connectivity index (χ2v) is 6.18. The molecule has 1 rings (SSSR count). The third-order valence-electron chi connectivity index (χ3n) is 3.76. The van der Waals surface area contributed by atoms with Crippen LogP contribution in [0, 0.1) is 11.8 Å². The molecule has 1 aliphatic carbocycles. The summed E-state index contributed by atoms with van der Waals surface area (Å²) in [4.78, 5) is 0. The first-order valence-electron chi connectivity index (χ1n) is 6.78. The molecule has 0 amide bonds. The zero-order valence-corrected chi connectivity index (χ0v) is 11.1. The molecule has 0 heterocycles. The lowest BCUT2D eigenvalue weighted by molar-refractivity contribution is 0.211. The topological polar surface area (TPSA) is 12.0 Å². The van der Waals surface area contributed by atoms with Gasteiger partial charge in [-0.3, -0.25) is 0 Å². The molecule has 0 aromatic carbocycles. The Morgan fingerprint density at radius 1 is 1.07 bits per heavy atom. The van der Waals surface area contributed by atoms with Crippen LogP contribution in [0.25, 0.3) is 0 Å². The highest BCUT2D eigenvalue weighted by molar-refractivity contribution is 4.77. The van der Waals surface area contributed by atoms with Gasteiger partial charge < -0.3 is 5.32 Å². The molecule has 0 saturated heterocycles. The Kier molecular flexibility index (Phi) is 5.11. The summed E-state index contributed by atoms with van der Waals surface area (Å²) in [5, 5.41) is 3.61. The van der Waals surface area contributed by atoms with Crippen molar-refractivity contribution < 1.29 is 0 Å². The van der Waals surface area contributed by atoms with E-state index in [9.17, 15) is 0 Å². The van der Waals surface area contributed by atoms with Crippen molar-refractivity contribution >= 4 is 0 Å². The molecule has 1 fully saturated rings. The van der Waals surface area contributed by atoms with Crippen LogP contribution in [0.1, 0.15) is 66.2 Å². The van der Waals surface area contributed by atoms with Crippen molar-refractivity contribution in [3.8, 4) is 0 Å². The van der Waals surface area contributed by atoms with Gasteiger partial charge in [0.15, 0.2) is 0 Å². The van der Waals surface area contributed by atoms with Crippen LogP contribution in [0.4, 0.5) is 0 Å². The fraction of sp³-hybridized carbons (Fsp3) is 1.00. The maximum atomic E-state index is 3.61. The molecule has 1 nitrogen and oxygen atoms in total. The van der Waals surface area contributed by atoms with Gasteiger partial charge in [-0.05, 0) is 45.6 Å². The average Bonchev–Trinajstić information content (AvgIpc) is 2.16. The number of nitrogens with one attached hydrogen (secondary N) is 1. The minimum absolute atomic E-state index is 0.288. The molecule has 0 aliphatic heterocycles. The third-order valence-corrected chi connectivity index (χ3v) is 3.76. The second-order valence-electron chi connectivity index (χ2n) is 6.18. The van der Waals surface area contributed by atoms with E-state index in [1.807, 2.05) is 0 Å². The van der Waals surface area contributed by atoms with Crippen LogP contribution in [0.15, 0.2) is 0 Å². The van der Waals surface area contributed by atoms with Crippen LogP contribution < -0.4 is 5.32 Å². The molecule has 1 saturated carbocycles. The van der Waals surface area contributed by atoms with E-state index in [1.165, 1.54) is 45.1 Å². The molecular formula is C14H29N. The van der Waals surface area contributed by atoms with E-state index in [4.69, 9.17) is 0 Å². The molecule has 90 valence electrons. The Hall–Kier alpha value is -0.0400. The van der Waals surface area contributed by atoms with Gasteiger partial charge >= 0.3 is 0 Å². The van der Waals surface area contributed by atoms with Gasteiger partial charge in [-0.2, -0.15) is 0 Å². The van der Waals surface area contributed by atoms with Gasteiger partial charge in [0, 0.05) is 5.54 Å². The maximum Gasteiger partial charge on any atom is 0.00965 e. The highest BCUT2D eigenvalue weighted by Crippen LogP contribution is 2.34. The Morgan fingerprint density at radius 2 is 1.67 bits per heavy atom. The van der Waals surface area contributed by atoms with Crippen LogP contribution in [0.5, 0.6) is 0 Å². The van der Waals surface area contributed by atoms with Crippen LogP contribution in [0.2, 0.25) is 0 Å². The Morgan fingerprint density at radius 3 is 2.20 bits per heavy atom. The van der Waals surface area contributed by atoms with Crippen LogP contribution in [-0.2, 0) is 0 Å². The summed E-state index contributed by atoms with van der Waals surface area (Å²) in [5.74, 6) is 2.01. The first kappa shape index (κ1) is 13.0. The van der Waals surface area contributed by atoms with Crippen molar-refractivity contribution in [2.45, 2.75) is 71.8 Å². The van der Waals surface area contributed by atoms with E-state index in [-0.39, 0.29) is 5.54 Å². The Labute approximate surface area is 96.0 Å². The molecule has 0 aromatic rings. The number of hydrogen-bond donors (Lipinski definition) is 1. The third kappa shape index (κ3) is 5.01. The van der Waals surface area contributed by atoms with Gasteiger partial charge in [-0.15, -0.1) is 0 Å². The Balaban J connectivity index is 2.23. The van der Waals surface area contributed by atoms with E-state index in [0.717, 1.165) is 11.8 Å². The van der Waals surface area contributed by atoms with Crippen molar-refractivity contribution in [3.63, 3.8) is 0 Å². The number of rotatable bonds is 4. The van der Waals surface area contributed by atoms with Crippen LogP contribution >= 0.6 is 0 Å². The van der Waals surface area contributed by atoms with Crippen LogP contribution in [0.3, 0.4) is 0 Å². The van der Waals surface area contributed by atoms with Crippen molar-refractivity contribution in [2.75, 3.05) is 6.54 Å². The first-order valence-corrected chi connectivity index (χ1v) is 6.78. The van der Waals surface area contributed by atoms with E-state index in [2.05, 4.69) is 33.0 Å². The van der Waals surface area contributed by atoms with E-state index in [1.54, 1.807) is 0 Å². The molecule has 0 radical (unpaired) electrons. The summed E-state index contributed by atoms with van der Waals surface area (Å²) in [7, 11) is 0. The summed E-state index contributed by atoms with van der Waals surface area (Å²) in [6.07, 6.45) is 8.68. The summed E-state index contributed by atoms with van der Waals surface area (Å²) in [6.45, 7) is 10.3. The molecule has 0 aromatic heterocycles. The summed E-state index contributed by atoms with van der Waals surface area (Å²) < 4.78 is 0. The fourth-order valence-corrected chi connectivity index (χ4v) is 2.83. The Bertz CT molecular complexity index is 169. The maximum absolute atomic E-state index is 3.61. The molecule has 2 atom stereocenters. The molecule has 0 bridgehead atoms. The van der Waals surface area contributed by atoms with Gasteiger partial charge in [0.1, 0.15) is 0 Å². The zero-order chi connectivity index (χ0) is 11.3. The SMILES string of the molecule is CCC1CCCCC1CCNC(C)(C)C. The molecule has 2 unspecified atom stereocenters. The lowest BCUT2D eigenvalue weighted by atomic mass is 9.76. The predicted octanol–water partition coefficient (Wildman–Crippen LogP) is 3.98.